The number of carboxylic acid groups (broad SMARTS) is 1. The highest BCUT2D eigenvalue weighted by Crippen LogP contribution is 2.47. The van der Waals surface area contributed by atoms with Crippen molar-refractivity contribution in [3.63, 3.8) is 0 Å². The summed E-state index contributed by atoms with van der Waals surface area (Å²) in [7, 11) is -4.50. The summed E-state index contributed by atoms with van der Waals surface area (Å²) in [6, 6.07) is 0.716. The van der Waals surface area contributed by atoms with Crippen molar-refractivity contribution < 1.29 is 40.3 Å². The van der Waals surface area contributed by atoms with Gasteiger partial charge in [-0.3, -0.25) is 0 Å². The molecule has 10 heteroatoms. The molecule has 0 atom stereocenters. The Morgan fingerprint density at radius 2 is 1.68 bits per heavy atom. The number of rotatable bonds is 4. The Hall–Kier alpha value is -1.71. The van der Waals surface area contributed by atoms with E-state index in [1.165, 1.54) is 0 Å². The Balaban J connectivity index is 3.91. The van der Waals surface area contributed by atoms with E-state index < -0.39 is 55.2 Å². The molecule has 0 spiro atoms. The van der Waals surface area contributed by atoms with Crippen LogP contribution in [0.15, 0.2) is 17.0 Å². The van der Waals surface area contributed by atoms with Crippen LogP contribution in [0.3, 0.4) is 0 Å². The van der Waals surface area contributed by atoms with Crippen LogP contribution in [0.1, 0.15) is 28.4 Å². The molecule has 1 aromatic rings. The molecule has 0 aliphatic carbocycles. The predicted molar refractivity (Wildman–Crippen MR) is 65.8 cm³/mol. The Morgan fingerprint density at radius 3 is 2.05 bits per heavy atom. The third-order valence-corrected chi connectivity index (χ3v) is 4.93. The molecule has 0 fully saturated rings. The van der Waals surface area contributed by atoms with Crippen LogP contribution in [0.5, 0.6) is 0 Å². The van der Waals surface area contributed by atoms with E-state index in [0.29, 0.717) is 6.07 Å². The first-order valence-corrected chi connectivity index (χ1v) is 7.47. The third kappa shape index (κ3) is 2.92. The molecule has 0 aromatic heterocycles. The van der Waals surface area contributed by atoms with Gasteiger partial charge in [0.15, 0.2) is 9.84 Å². The minimum absolute atomic E-state index is 0.187. The van der Waals surface area contributed by atoms with Crippen molar-refractivity contribution in [1.82, 2.24) is 0 Å². The first kappa shape index (κ1) is 18.3. The molecule has 0 aliphatic rings. The number of hydrogen-bond donors (Lipinski definition) is 1. The second-order valence-electron chi connectivity index (χ2n) is 4.40. The fourth-order valence-electron chi connectivity index (χ4n) is 1.87. The van der Waals surface area contributed by atoms with Crippen LogP contribution in [-0.4, -0.2) is 31.4 Å². The number of halogens is 5. The largest absolute Gasteiger partial charge is 0.478 e. The smallest absolute Gasteiger partial charge is 0.458 e. The first-order valence-electron chi connectivity index (χ1n) is 5.82. The predicted octanol–water partition coefficient (Wildman–Crippen LogP) is 3.14. The number of carboxylic acids is 1. The number of hydrogen-bond acceptors (Lipinski definition) is 3. The fourth-order valence-corrected chi connectivity index (χ4v) is 3.26. The summed E-state index contributed by atoms with van der Waals surface area (Å²) in [6.07, 6.45) is -6.01. The van der Waals surface area contributed by atoms with Crippen LogP contribution in [0, 0.1) is 6.92 Å². The van der Waals surface area contributed by atoms with E-state index in [-0.39, 0.29) is 6.07 Å². The van der Waals surface area contributed by atoms with Gasteiger partial charge in [-0.1, -0.05) is 13.0 Å². The maximum Gasteiger partial charge on any atom is 0.458 e. The van der Waals surface area contributed by atoms with Gasteiger partial charge in [0.1, 0.15) is 0 Å². The molecule has 1 aromatic carbocycles. The minimum atomic E-state index is -6.01. The summed E-state index contributed by atoms with van der Waals surface area (Å²) in [5, 5.41) is 8.88. The van der Waals surface area contributed by atoms with Gasteiger partial charge in [-0.15, -0.1) is 0 Å². The standard InChI is InChI=1S/C12H11F5O4S/c1-3-22(20,21)9-6(2)7(10(18)19)4-5-8(9)11(13,14)12(15,16)17/h4-5H,3H2,1-2H3,(H,18,19). The summed E-state index contributed by atoms with van der Waals surface area (Å²) in [6.45, 7) is 1.93. The summed E-state index contributed by atoms with van der Waals surface area (Å²) in [4.78, 5) is 9.65. The number of carbonyl (C=O) groups is 1. The minimum Gasteiger partial charge on any atom is -0.478 e. The Kier molecular flexibility index (Phi) is 4.57. The maximum absolute atomic E-state index is 13.6. The highest BCUT2D eigenvalue weighted by atomic mass is 32.2. The Morgan fingerprint density at radius 1 is 1.18 bits per heavy atom. The summed E-state index contributed by atoms with van der Waals surface area (Å²) < 4.78 is 88.5. The molecule has 0 unspecified atom stereocenters. The molecule has 0 amide bonds. The summed E-state index contributed by atoms with van der Waals surface area (Å²) in [5.74, 6) is -7.81. The van der Waals surface area contributed by atoms with E-state index in [1.54, 1.807) is 0 Å². The molecule has 1 rings (SSSR count). The van der Waals surface area contributed by atoms with Crippen molar-refractivity contribution in [2.24, 2.45) is 0 Å². The topological polar surface area (TPSA) is 71.4 Å². The van der Waals surface area contributed by atoms with Gasteiger partial charge in [-0.2, -0.15) is 22.0 Å². The zero-order chi connectivity index (χ0) is 17.5. The third-order valence-electron chi connectivity index (χ3n) is 3.02. The number of sulfone groups is 1. The van der Waals surface area contributed by atoms with Crippen LogP contribution < -0.4 is 0 Å². The average molecular weight is 346 g/mol. The molecular formula is C12H11F5O4S. The van der Waals surface area contributed by atoms with Crippen molar-refractivity contribution in [2.75, 3.05) is 5.75 Å². The lowest BCUT2D eigenvalue weighted by molar-refractivity contribution is -0.290. The first-order chi connectivity index (χ1) is 9.77. The molecule has 22 heavy (non-hydrogen) atoms. The SMILES string of the molecule is CCS(=O)(=O)c1c(C(F)(F)C(F)(F)F)ccc(C(=O)O)c1C. The van der Waals surface area contributed by atoms with Crippen LogP contribution in [0.4, 0.5) is 22.0 Å². The molecule has 0 aliphatic heterocycles. The van der Waals surface area contributed by atoms with Crippen LogP contribution >= 0.6 is 0 Å². The monoisotopic (exact) mass is 346 g/mol. The van der Waals surface area contributed by atoms with E-state index in [4.69, 9.17) is 5.11 Å². The highest BCUT2D eigenvalue weighted by Gasteiger charge is 2.60. The summed E-state index contributed by atoms with van der Waals surface area (Å²) >= 11 is 0. The van der Waals surface area contributed by atoms with E-state index in [2.05, 4.69) is 0 Å². The van der Waals surface area contributed by atoms with Crippen molar-refractivity contribution in [3.05, 3.63) is 28.8 Å². The van der Waals surface area contributed by atoms with Crippen molar-refractivity contribution in [2.45, 2.75) is 30.8 Å². The highest BCUT2D eigenvalue weighted by molar-refractivity contribution is 7.91. The Bertz CT molecular complexity index is 707. The zero-order valence-corrected chi connectivity index (χ0v) is 12.1. The molecule has 0 heterocycles. The maximum atomic E-state index is 13.6. The fraction of sp³-hybridized carbons (Fsp3) is 0.417. The average Bonchev–Trinajstić information content (AvgIpc) is 2.36. The quantitative estimate of drug-likeness (QED) is 0.850. The van der Waals surface area contributed by atoms with E-state index >= 15 is 0 Å². The van der Waals surface area contributed by atoms with Gasteiger partial charge < -0.3 is 5.11 Å². The van der Waals surface area contributed by atoms with Gasteiger partial charge in [0.25, 0.3) is 0 Å². The van der Waals surface area contributed by atoms with Gasteiger partial charge in [-0.25, -0.2) is 13.2 Å². The van der Waals surface area contributed by atoms with Gasteiger partial charge in [0, 0.05) is 5.56 Å². The molecule has 124 valence electrons. The zero-order valence-electron chi connectivity index (χ0n) is 11.3. The van der Waals surface area contributed by atoms with E-state index in [9.17, 15) is 35.2 Å². The number of benzene rings is 1. The normalized spacial score (nSPS) is 13.2. The molecule has 1 N–H and O–H groups in total. The molecule has 0 bridgehead atoms. The van der Waals surface area contributed by atoms with Crippen LogP contribution in [-0.2, 0) is 15.8 Å². The molecule has 0 saturated carbocycles. The lowest BCUT2D eigenvalue weighted by atomic mass is 10.0. The van der Waals surface area contributed by atoms with E-state index in [1.807, 2.05) is 0 Å². The molecular weight excluding hydrogens is 335 g/mol. The van der Waals surface area contributed by atoms with Crippen molar-refractivity contribution in [3.8, 4) is 0 Å². The number of alkyl halides is 5. The lowest BCUT2D eigenvalue weighted by Crippen LogP contribution is -2.35. The van der Waals surface area contributed by atoms with Crippen molar-refractivity contribution in [1.29, 1.82) is 0 Å². The van der Waals surface area contributed by atoms with E-state index in [0.717, 1.165) is 13.8 Å². The molecule has 4 nitrogen and oxygen atoms in total. The Labute approximate surface area is 122 Å². The van der Waals surface area contributed by atoms with Gasteiger partial charge in [0.05, 0.1) is 16.2 Å². The van der Waals surface area contributed by atoms with Gasteiger partial charge in [-0.05, 0) is 18.6 Å². The van der Waals surface area contributed by atoms with Gasteiger partial charge >= 0.3 is 18.1 Å². The van der Waals surface area contributed by atoms with Crippen LogP contribution in [0.25, 0.3) is 0 Å². The van der Waals surface area contributed by atoms with Crippen LogP contribution in [0.2, 0.25) is 0 Å². The lowest BCUT2D eigenvalue weighted by Gasteiger charge is -2.24. The van der Waals surface area contributed by atoms with Gasteiger partial charge in [0.2, 0.25) is 0 Å². The molecule has 0 radical (unpaired) electrons. The summed E-state index contributed by atoms with van der Waals surface area (Å²) in [5.41, 5.74) is -3.09. The second kappa shape index (κ2) is 5.49. The molecule has 0 saturated heterocycles. The van der Waals surface area contributed by atoms with Crippen molar-refractivity contribution >= 4 is 15.8 Å². The second-order valence-corrected chi connectivity index (χ2v) is 6.61. The number of aromatic carboxylic acids is 1.